The number of methoxy groups -OCH3 is 2. The van der Waals surface area contributed by atoms with Crippen molar-refractivity contribution in [1.82, 2.24) is 0 Å². The first kappa shape index (κ1) is 25.2. The monoisotopic (exact) mass is 504 g/mol. The molecule has 0 radical (unpaired) electrons. The van der Waals surface area contributed by atoms with Crippen molar-refractivity contribution in [2.45, 2.75) is 24.3 Å². The average molecular weight is 505 g/mol. The summed E-state index contributed by atoms with van der Waals surface area (Å²) in [4.78, 5) is 12.7. The van der Waals surface area contributed by atoms with E-state index in [1.165, 1.54) is 38.5 Å². The van der Waals surface area contributed by atoms with Crippen LogP contribution in [-0.2, 0) is 14.8 Å². The fourth-order valence-electron chi connectivity index (χ4n) is 3.04. The molecule has 10 heteroatoms. The summed E-state index contributed by atoms with van der Waals surface area (Å²) in [6, 6.07) is 17.4. The van der Waals surface area contributed by atoms with Gasteiger partial charge in [-0.3, -0.25) is 9.52 Å². The molecule has 0 bridgehead atoms. The van der Waals surface area contributed by atoms with E-state index in [-0.39, 0.29) is 16.5 Å². The minimum atomic E-state index is -3.90. The van der Waals surface area contributed by atoms with Gasteiger partial charge in [-0.25, -0.2) is 8.42 Å². The molecule has 8 nitrogen and oxygen atoms in total. The lowest BCUT2D eigenvalue weighted by Gasteiger charge is -2.18. The Bertz CT molecular complexity index is 1250. The van der Waals surface area contributed by atoms with E-state index in [1.807, 2.05) is 6.92 Å². The van der Waals surface area contributed by atoms with E-state index >= 15 is 0 Å². The number of halogens is 1. The van der Waals surface area contributed by atoms with Gasteiger partial charge in [0.05, 0.1) is 29.8 Å². The van der Waals surface area contributed by atoms with E-state index in [9.17, 15) is 13.2 Å². The number of hydrogen-bond donors (Lipinski definition) is 2. The van der Waals surface area contributed by atoms with Gasteiger partial charge >= 0.3 is 0 Å². The molecule has 0 heterocycles. The maximum atomic E-state index is 12.8. The second-order valence-corrected chi connectivity index (χ2v) is 9.22. The number of nitrogens with one attached hydrogen (secondary N) is 2. The van der Waals surface area contributed by atoms with Crippen molar-refractivity contribution in [2.75, 3.05) is 24.3 Å². The van der Waals surface area contributed by atoms with Crippen molar-refractivity contribution in [3.63, 3.8) is 0 Å². The zero-order chi connectivity index (χ0) is 24.7. The zero-order valence-corrected chi connectivity index (χ0v) is 20.4. The van der Waals surface area contributed by atoms with Gasteiger partial charge in [-0.15, -0.1) is 0 Å². The molecule has 0 aliphatic heterocycles. The third-order valence-electron chi connectivity index (χ3n) is 4.85. The molecule has 0 aromatic heterocycles. The standard InChI is InChI=1S/C24H25ClN2O6S/c1-4-21(33-22-8-6-5-7-19(22)25)24(28)26-16-9-12-18(13-10-16)34(29,30)27-20-14-11-17(31-2)15-23(20)32-3/h5-15,21,27H,4H2,1-3H3,(H,26,28)/t21-/m0/s1. The Kier molecular flexibility index (Phi) is 8.25. The first-order valence-corrected chi connectivity index (χ1v) is 12.2. The Labute approximate surface area is 203 Å². The lowest BCUT2D eigenvalue weighted by molar-refractivity contribution is -0.122. The van der Waals surface area contributed by atoms with Crippen LogP contribution in [0.2, 0.25) is 5.02 Å². The van der Waals surface area contributed by atoms with Gasteiger partial charge in [0.15, 0.2) is 6.10 Å². The lowest BCUT2D eigenvalue weighted by Crippen LogP contribution is -2.32. The molecule has 0 unspecified atom stereocenters. The summed E-state index contributed by atoms with van der Waals surface area (Å²) in [5.41, 5.74) is 0.690. The minimum absolute atomic E-state index is 0.0164. The van der Waals surface area contributed by atoms with Crippen molar-refractivity contribution in [2.24, 2.45) is 0 Å². The Hall–Kier alpha value is -3.43. The summed E-state index contributed by atoms with van der Waals surface area (Å²) in [6.45, 7) is 1.82. The summed E-state index contributed by atoms with van der Waals surface area (Å²) in [7, 11) is -0.962. The van der Waals surface area contributed by atoms with Crippen LogP contribution >= 0.6 is 11.6 Å². The maximum absolute atomic E-state index is 12.8. The number of hydrogen-bond acceptors (Lipinski definition) is 6. The third kappa shape index (κ3) is 6.12. The molecule has 0 saturated carbocycles. The van der Waals surface area contributed by atoms with Gasteiger partial charge in [0.2, 0.25) is 0 Å². The van der Waals surface area contributed by atoms with E-state index in [0.717, 1.165) is 0 Å². The lowest BCUT2D eigenvalue weighted by atomic mass is 10.2. The predicted molar refractivity (Wildman–Crippen MR) is 132 cm³/mol. The number of carbonyl (C=O) groups is 1. The van der Waals surface area contributed by atoms with Crippen LogP contribution in [0.1, 0.15) is 13.3 Å². The molecule has 34 heavy (non-hydrogen) atoms. The fraction of sp³-hybridized carbons (Fsp3) is 0.208. The Morgan fingerprint density at radius 1 is 0.971 bits per heavy atom. The number of para-hydroxylation sites is 1. The molecule has 3 rings (SSSR count). The number of carbonyl (C=O) groups excluding carboxylic acids is 1. The maximum Gasteiger partial charge on any atom is 0.265 e. The van der Waals surface area contributed by atoms with Gasteiger partial charge in [0, 0.05) is 11.8 Å². The second kappa shape index (κ2) is 11.1. The molecule has 3 aromatic rings. The van der Waals surface area contributed by atoms with Gasteiger partial charge in [-0.2, -0.15) is 0 Å². The van der Waals surface area contributed by atoms with Crippen LogP contribution in [0.25, 0.3) is 0 Å². The van der Waals surface area contributed by atoms with Gasteiger partial charge in [-0.1, -0.05) is 30.7 Å². The number of sulfonamides is 1. The van der Waals surface area contributed by atoms with Crippen LogP contribution in [0.3, 0.4) is 0 Å². The summed E-state index contributed by atoms with van der Waals surface area (Å²) >= 11 is 6.11. The molecule has 0 spiro atoms. The molecule has 0 aliphatic carbocycles. The van der Waals surface area contributed by atoms with E-state index in [2.05, 4.69) is 10.0 Å². The molecule has 1 amide bonds. The molecule has 3 aromatic carbocycles. The smallest absolute Gasteiger partial charge is 0.265 e. The van der Waals surface area contributed by atoms with Crippen molar-refractivity contribution < 1.29 is 27.4 Å². The molecule has 2 N–H and O–H groups in total. The largest absolute Gasteiger partial charge is 0.497 e. The number of anilines is 2. The van der Waals surface area contributed by atoms with Gasteiger partial charge in [-0.05, 0) is 55.0 Å². The van der Waals surface area contributed by atoms with Crippen LogP contribution in [0, 0.1) is 0 Å². The quantitative estimate of drug-likeness (QED) is 0.405. The Morgan fingerprint density at radius 2 is 1.68 bits per heavy atom. The van der Waals surface area contributed by atoms with Crippen molar-refractivity contribution in [1.29, 1.82) is 0 Å². The summed E-state index contributed by atoms with van der Waals surface area (Å²) in [5.74, 6) is 0.881. The van der Waals surface area contributed by atoms with Gasteiger partial charge < -0.3 is 19.5 Å². The molecular formula is C24H25ClN2O6S. The zero-order valence-electron chi connectivity index (χ0n) is 18.9. The second-order valence-electron chi connectivity index (χ2n) is 7.13. The van der Waals surface area contributed by atoms with E-state index in [0.29, 0.717) is 34.4 Å². The predicted octanol–water partition coefficient (Wildman–Crippen LogP) is 4.95. The number of benzene rings is 3. The highest BCUT2D eigenvalue weighted by Gasteiger charge is 2.21. The molecule has 1 atom stereocenters. The molecular weight excluding hydrogens is 480 g/mol. The molecule has 0 saturated heterocycles. The molecule has 0 aliphatic rings. The summed E-state index contributed by atoms with van der Waals surface area (Å²) in [5, 5.41) is 3.14. The van der Waals surface area contributed by atoms with E-state index in [4.69, 9.17) is 25.8 Å². The van der Waals surface area contributed by atoms with Crippen LogP contribution in [0.5, 0.6) is 17.2 Å². The fourth-order valence-corrected chi connectivity index (χ4v) is 4.29. The first-order chi connectivity index (χ1) is 16.3. The Morgan fingerprint density at radius 3 is 2.29 bits per heavy atom. The number of amides is 1. The highest BCUT2D eigenvalue weighted by Crippen LogP contribution is 2.31. The average Bonchev–Trinajstić information content (AvgIpc) is 2.83. The summed E-state index contributed by atoms with van der Waals surface area (Å²) in [6.07, 6.45) is -0.357. The normalized spacial score (nSPS) is 11.9. The molecule has 0 fully saturated rings. The van der Waals surface area contributed by atoms with Crippen LogP contribution in [0.4, 0.5) is 11.4 Å². The van der Waals surface area contributed by atoms with Crippen molar-refractivity contribution >= 4 is 38.9 Å². The molecule has 180 valence electrons. The minimum Gasteiger partial charge on any atom is -0.497 e. The van der Waals surface area contributed by atoms with Crippen molar-refractivity contribution in [3.05, 3.63) is 71.8 Å². The van der Waals surface area contributed by atoms with Gasteiger partial charge in [0.25, 0.3) is 15.9 Å². The van der Waals surface area contributed by atoms with E-state index in [1.54, 1.807) is 42.5 Å². The van der Waals surface area contributed by atoms with Gasteiger partial charge in [0.1, 0.15) is 17.2 Å². The van der Waals surface area contributed by atoms with Crippen molar-refractivity contribution in [3.8, 4) is 17.2 Å². The van der Waals surface area contributed by atoms with Crippen LogP contribution < -0.4 is 24.2 Å². The van der Waals surface area contributed by atoms with Crippen LogP contribution in [0.15, 0.2) is 71.6 Å². The van der Waals surface area contributed by atoms with E-state index < -0.39 is 16.1 Å². The Balaban J connectivity index is 1.70. The third-order valence-corrected chi connectivity index (χ3v) is 6.55. The first-order valence-electron chi connectivity index (χ1n) is 10.3. The summed E-state index contributed by atoms with van der Waals surface area (Å²) < 4.78 is 44.3. The highest BCUT2D eigenvalue weighted by molar-refractivity contribution is 7.92. The number of rotatable bonds is 10. The van der Waals surface area contributed by atoms with Crippen LogP contribution in [-0.4, -0.2) is 34.6 Å². The SMILES string of the molecule is CC[C@H](Oc1ccccc1Cl)C(=O)Nc1ccc(S(=O)(=O)Nc2ccc(OC)cc2OC)cc1. The highest BCUT2D eigenvalue weighted by atomic mass is 35.5. The number of ether oxygens (including phenoxy) is 3. The topological polar surface area (TPSA) is 103 Å².